The molecule has 3 atom stereocenters. The van der Waals surface area contributed by atoms with Gasteiger partial charge in [0, 0.05) is 25.4 Å². The van der Waals surface area contributed by atoms with Gasteiger partial charge in [0.25, 0.3) is 0 Å². The van der Waals surface area contributed by atoms with E-state index in [9.17, 15) is 15.0 Å². The Labute approximate surface area is 190 Å². The molecule has 0 aromatic rings. The molecule has 3 aliphatic heterocycles. The molecule has 3 heterocycles. The lowest BCUT2D eigenvalue weighted by molar-refractivity contribution is -0.159. The molecule has 11 nitrogen and oxygen atoms in total. The van der Waals surface area contributed by atoms with Crippen molar-refractivity contribution < 1.29 is 44.7 Å². The second-order valence-corrected chi connectivity index (χ2v) is 8.54. The van der Waals surface area contributed by atoms with E-state index >= 15 is 0 Å². The van der Waals surface area contributed by atoms with Crippen molar-refractivity contribution in [1.29, 1.82) is 0 Å². The predicted octanol–water partition coefficient (Wildman–Crippen LogP) is 1.89. The molecule has 11 heteroatoms. The van der Waals surface area contributed by atoms with Gasteiger partial charge in [-0.05, 0) is 44.1 Å². The Morgan fingerprint density at radius 3 is 2.55 bits per heavy atom. The second kappa shape index (κ2) is 10.3. The van der Waals surface area contributed by atoms with E-state index in [4.69, 9.17) is 29.6 Å². The maximum Gasteiger partial charge on any atom is 0.414 e. The summed E-state index contributed by atoms with van der Waals surface area (Å²) >= 11 is 0. The third kappa shape index (κ3) is 5.14. The third-order valence-corrected chi connectivity index (χ3v) is 6.50. The molecule has 0 bridgehead atoms. The zero-order chi connectivity index (χ0) is 24.2. The number of carbonyl (C=O) groups is 3. The van der Waals surface area contributed by atoms with Gasteiger partial charge in [-0.1, -0.05) is 12.5 Å². The summed E-state index contributed by atoms with van der Waals surface area (Å²) < 4.78 is 6.35. The van der Waals surface area contributed by atoms with Crippen molar-refractivity contribution in [3.8, 4) is 0 Å². The van der Waals surface area contributed by atoms with E-state index in [1.807, 2.05) is 0 Å². The van der Waals surface area contributed by atoms with Crippen LogP contribution in [-0.2, 0) is 14.3 Å². The van der Waals surface area contributed by atoms with Crippen LogP contribution in [0.5, 0.6) is 0 Å². The van der Waals surface area contributed by atoms with E-state index < -0.39 is 30.4 Å². The van der Waals surface area contributed by atoms with Crippen LogP contribution < -0.4 is 0 Å². The first-order valence-corrected chi connectivity index (χ1v) is 11.0. The van der Waals surface area contributed by atoms with Gasteiger partial charge in [-0.25, -0.2) is 14.4 Å². The van der Waals surface area contributed by atoms with E-state index in [0.29, 0.717) is 6.42 Å². The largest absolute Gasteiger partial charge is 0.473 e. The minimum Gasteiger partial charge on any atom is -0.473 e. The van der Waals surface area contributed by atoms with Crippen molar-refractivity contribution in [2.45, 2.75) is 63.7 Å². The SMILES string of the molecule is O=C(O)C(=O)O.O=C(O)N(CCC(O)CO)C1CC23CCCCC2=CN2C=CCCC2=C3O1. The maximum absolute atomic E-state index is 11.9. The lowest BCUT2D eigenvalue weighted by Gasteiger charge is -2.42. The van der Waals surface area contributed by atoms with Crippen LogP contribution in [0, 0.1) is 5.41 Å². The Morgan fingerprint density at radius 1 is 1.18 bits per heavy atom. The second-order valence-electron chi connectivity index (χ2n) is 8.54. The minimum atomic E-state index is -1.82. The van der Waals surface area contributed by atoms with E-state index in [0.717, 1.165) is 50.0 Å². The molecule has 5 N–H and O–H groups in total. The molecule has 1 spiro atoms. The van der Waals surface area contributed by atoms with Crippen molar-refractivity contribution in [3.05, 3.63) is 35.5 Å². The van der Waals surface area contributed by atoms with Crippen molar-refractivity contribution in [3.63, 3.8) is 0 Å². The zero-order valence-electron chi connectivity index (χ0n) is 18.2. The molecular weight excluding hydrogens is 436 g/mol. The average Bonchev–Trinajstić information content (AvgIpc) is 3.17. The number of aliphatic carboxylic acids is 2. The van der Waals surface area contributed by atoms with Crippen LogP contribution in [0.4, 0.5) is 4.79 Å². The van der Waals surface area contributed by atoms with E-state index in [-0.39, 0.29) is 25.0 Å². The summed E-state index contributed by atoms with van der Waals surface area (Å²) in [6.45, 7) is -0.227. The summed E-state index contributed by atoms with van der Waals surface area (Å²) in [6, 6.07) is 0. The Kier molecular flexibility index (Phi) is 7.65. The molecule has 4 aliphatic rings. The zero-order valence-corrected chi connectivity index (χ0v) is 18.2. The summed E-state index contributed by atoms with van der Waals surface area (Å²) in [5.41, 5.74) is 2.33. The first-order chi connectivity index (χ1) is 15.7. The van der Waals surface area contributed by atoms with Crippen molar-refractivity contribution >= 4 is 18.0 Å². The smallest absolute Gasteiger partial charge is 0.414 e. The Morgan fingerprint density at radius 2 is 1.91 bits per heavy atom. The van der Waals surface area contributed by atoms with Gasteiger partial charge in [-0.15, -0.1) is 0 Å². The molecule has 0 aromatic carbocycles. The highest BCUT2D eigenvalue weighted by Gasteiger charge is 2.54. The monoisotopic (exact) mass is 466 g/mol. The number of aliphatic hydroxyl groups excluding tert-OH is 2. The summed E-state index contributed by atoms with van der Waals surface area (Å²) in [7, 11) is 0. The topological polar surface area (TPSA) is 168 Å². The van der Waals surface area contributed by atoms with E-state index in [1.54, 1.807) is 0 Å². The average molecular weight is 466 g/mol. The number of hydrogen-bond donors (Lipinski definition) is 5. The number of ether oxygens (including phenoxy) is 1. The van der Waals surface area contributed by atoms with Gasteiger partial charge in [0.2, 0.25) is 0 Å². The predicted molar refractivity (Wildman–Crippen MR) is 113 cm³/mol. The van der Waals surface area contributed by atoms with Gasteiger partial charge >= 0.3 is 18.0 Å². The Hall–Kier alpha value is -3.05. The molecule has 182 valence electrons. The van der Waals surface area contributed by atoms with Crippen molar-refractivity contribution in [2.75, 3.05) is 13.2 Å². The van der Waals surface area contributed by atoms with Gasteiger partial charge in [0.1, 0.15) is 5.76 Å². The highest BCUT2D eigenvalue weighted by molar-refractivity contribution is 6.27. The van der Waals surface area contributed by atoms with Crippen LogP contribution in [0.1, 0.15) is 51.4 Å². The number of rotatable bonds is 5. The lowest BCUT2D eigenvalue weighted by atomic mass is 9.66. The van der Waals surface area contributed by atoms with Crippen LogP contribution in [0.3, 0.4) is 0 Å². The number of fused-ring (bicyclic) bond motifs is 1. The molecule has 4 rings (SSSR count). The number of carboxylic acids is 2. The molecule has 1 saturated heterocycles. The molecule has 3 unspecified atom stereocenters. The van der Waals surface area contributed by atoms with Crippen molar-refractivity contribution in [2.24, 2.45) is 5.41 Å². The van der Waals surface area contributed by atoms with Crippen LogP contribution in [0.15, 0.2) is 35.5 Å². The summed E-state index contributed by atoms with van der Waals surface area (Å²) in [6.07, 6.45) is 11.0. The third-order valence-electron chi connectivity index (χ3n) is 6.50. The van der Waals surface area contributed by atoms with Crippen LogP contribution in [-0.4, -0.2) is 78.8 Å². The van der Waals surface area contributed by atoms with Gasteiger partial charge in [0.15, 0.2) is 6.23 Å². The number of allylic oxidation sites excluding steroid dienone is 3. The quantitative estimate of drug-likeness (QED) is 0.377. The molecule has 1 aliphatic carbocycles. The van der Waals surface area contributed by atoms with Crippen LogP contribution >= 0.6 is 0 Å². The van der Waals surface area contributed by atoms with Crippen molar-refractivity contribution in [1.82, 2.24) is 9.80 Å². The number of nitrogens with zero attached hydrogens (tertiary/aromatic N) is 2. The van der Waals surface area contributed by atoms with Gasteiger partial charge in [0.05, 0.1) is 23.8 Å². The van der Waals surface area contributed by atoms with Crippen LogP contribution in [0.25, 0.3) is 0 Å². The van der Waals surface area contributed by atoms with Gasteiger partial charge in [-0.3, -0.25) is 4.90 Å². The Balaban J connectivity index is 0.000000454. The summed E-state index contributed by atoms with van der Waals surface area (Å²) in [5.74, 6) is -2.69. The normalized spacial score (nSPS) is 25.9. The van der Waals surface area contributed by atoms with Gasteiger partial charge < -0.3 is 35.2 Å². The Bertz CT molecular complexity index is 869. The fourth-order valence-electron chi connectivity index (χ4n) is 4.91. The fraction of sp³-hybridized carbons (Fsp3) is 0.591. The first-order valence-electron chi connectivity index (χ1n) is 11.0. The highest BCUT2D eigenvalue weighted by Crippen LogP contribution is 2.59. The lowest BCUT2D eigenvalue weighted by Crippen LogP contribution is -2.41. The van der Waals surface area contributed by atoms with Crippen LogP contribution in [0.2, 0.25) is 0 Å². The fourth-order valence-corrected chi connectivity index (χ4v) is 4.91. The highest BCUT2D eigenvalue weighted by atomic mass is 16.5. The summed E-state index contributed by atoms with van der Waals surface area (Å²) in [4.78, 5) is 33.5. The molecule has 0 aromatic heterocycles. The molecule has 2 fully saturated rings. The summed E-state index contributed by atoms with van der Waals surface area (Å²) in [5, 5.41) is 43.2. The molecule has 33 heavy (non-hydrogen) atoms. The van der Waals surface area contributed by atoms with E-state index in [1.165, 1.54) is 10.5 Å². The minimum absolute atomic E-state index is 0.142. The standard InChI is InChI=1S/C20H28N2O5.C2H2O4/c23-13-15(24)7-10-22(19(25)26)17-11-20-8-3-1-5-14(20)12-21-9-4-2-6-16(21)18(20)27-17;3-1(4)2(5)6/h4,9,12,15,17,23-24H,1-3,5-8,10-11,13H2,(H,25,26);(H,3,4)(H,5,6). The number of aliphatic hydroxyl groups is 2. The maximum atomic E-state index is 11.9. The molecule has 0 radical (unpaired) electrons. The molecule has 1 saturated carbocycles. The van der Waals surface area contributed by atoms with Gasteiger partial charge in [-0.2, -0.15) is 0 Å². The number of amides is 1. The first kappa shape index (κ1) is 24.6. The van der Waals surface area contributed by atoms with E-state index in [2.05, 4.69) is 23.4 Å². The molecular formula is C22H30N2O9. The number of carboxylic acid groups (broad SMARTS) is 3. The molecule has 1 amide bonds. The number of hydrogen-bond acceptors (Lipinski definition) is 7.